The molecule has 1 aliphatic heterocycles. The van der Waals surface area contributed by atoms with E-state index in [9.17, 15) is 4.79 Å². The molecule has 1 aliphatic rings. The molecule has 2 heterocycles. The monoisotopic (exact) mass is 407 g/mol. The molecule has 2 aromatic carbocycles. The van der Waals surface area contributed by atoms with Crippen LogP contribution in [0.3, 0.4) is 0 Å². The highest BCUT2D eigenvalue weighted by Crippen LogP contribution is 2.33. The van der Waals surface area contributed by atoms with Crippen LogP contribution in [-0.4, -0.2) is 26.5 Å². The molecule has 0 spiro atoms. The molecule has 1 N–H and O–H groups in total. The first-order valence-electron chi connectivity index (χ1n) is 9.61. The van der Waals surface area contributed by atoms with Crippen molar-refractivity contribution in [1.82, 2.24) is 14.8 Å². The van der Waals surface area contributed by atoms with Crippen LogP contribution in [0.2, 0.25) is 0 Å². The van der Waals surface area contributed by atoms with Crippen LogP contribution in [0.15, 0.2) is 53.7 Å². The minimum atomic E-state index is -0.0671. The maximum atomic E-state index is 11.2. The molecule has 29 heavy (non-hydrogen) atoms. The zero-order chi connectivity index (χ0) is 20.6. The zero-order valence-electron chi connectivity index (χ0n) is 17.1. The number of fused-ring (bicyclic) bond motifs is 1. The number of nitrogens with one attached hydrogen (secondary N) is 1. The van der Waals surface area contributed by atoms with E-state index < -0.39 is 0 Å². The molecule has 6 nitrogen and oxygen atoms in total. The number of benzene rings is 2. The van der Waals surface area contributed by atoms with Crippen LogP contribution in [0.4, 0.5) is 11.4 Å². The van der Waals surface area contributed by atoms with E-state index in [1.54, 1.807) is 11.8 Å². The third kappa shape index (κ3) is 4.15. The van der Waals surface area contributed by atoms with E-state index in [2.05, 4.69) is 70.0 Å². The Kier molecular flexibility index (Phi) is 5.08. The van der Waals surface area contributed by atoms with Crippen molar-refractivity contribution in [2.45, 2.75) is 44.9 Å². The fourth-order valence-electron chi connectivity index (χ4n) is 3.32. The largest absolute Gasteiger partial charge is 0.344 e. The van der Waals surface area contributed by atoms with Crippen molar-refractivity contribution in [2.24, 2.45) is 0 Å². The van der Waals surface area contributed by atoms with Crippen molar-refractivity contribution in [2.75, 3.05) is 16.1 Å². The summed E-state index contributed by atoms with van der Waals surface area (Å²) in [5.74, 6) is 1.62. The Morgan fingerprint density at radius 1 is 1.03 bits per heavy atom. The van der Waals surface area contributed by atoms with Gasteiger partial charge in [0.15, 0.2) is 11.0 Å². The average molecular weight is 408 g/mol. The van der Waals surface area contributed by atoms with Crippen molar-refractivity contribution >= 4 is 29.0 Å². The molecule has 0 saturated carbocycles. The number of nitrogens with zero attached hydrogens (tertiary/aromatic N) is 4. The van der Waals surface area contributed by atoms with Crippen LogP contribution in [0.25, 0.3) is 11.4 Å². The molecule has 150 valence electrons. The number of hydrogen-bond acceptors (Lipinski definition) is 5. The zero-order valence-corrected chi connectivity index (χ0v) is 18.0. The van der Waals surface area contributed by atoms with Gasteiger partial charge in [-0.05, 0) is 35.2 Å². The van der Waals surface area contributed by atoms with E-state index in [1.807, 2.05) is 24.3 Å². The normalized spacial score (nSPS) is 13.9. The molecule has 0 saturated heterocycles. The molecule has 0 bridgehead atoms. The second kappa shape index (κ2) is 7.55. The van der Waals surface area contributed by atoms with Gasteiger partial charge in [0.25, 0.3) is 0 Å². The molecule has 1 amide bonds. The number of aromatic nitrogens is 3. The fraction of sp³-hybridized carbons (Fsp3) is 0.318. The van der Waals surface area contributed by atoms with E-state index in [1.165, 1.54) is 12.5 Å². The lowest BCUT2D eigenvalue weighted by atomic mass is 9.87. The van der Waals surface area contributed by atoms with Crippen LogP contribution in [0, 0.1) is 0 Å². The molecule has 7 heteroatoms. The summed E-state index contributed by atoms with van der Waals surface area (Å²) in [6.45, 7) is 8.84. The second-order valence-electron chi connectivity index (χ2n) is 8.24. The van der Waals surface area contributed by atoms with Gasteiger partial charge in [-0.3, -0.25) is 9.36 Å². The summed E-state index contributed by atoms with van der Waals surface area (Å²) in [4.78, 5) is 13.5. The van der Waals surface area contributed by atoms with Gasteiger partial charge in [0, 0.05) is 23.9 Å². The minimum Gasteiger partial charge on any atom is -0.344 e. The Balaban J connectivity index is 1.57. The standard InChI is InChI=1S/C22H25N5OS/c1-15(28)23-18-9-11-19(12-10-18)26-13-27-20(24-25-21(27)29-14-26)16-5-7-17(8-6-16)22(2,3)4/h5-12H,13-14H2,1-4H3,(H,23,28). The van der Waals surface area contributed by atoms with Gasteiger partial charge in [0.2, 0.25) is 5.91 Å². The van der Waals surface area contributed by atoms with Gasteiger partial charge in [-0.1, -0.05) is 56.8 Å². The van der Waals surface area contributed by atoms with E-state index >= 15 is 0 Å². The molecular weight excluding hydrogens is 382 g/mol. The maximum Gasteiger partial charge on any atom is 0.221 e. The second-order valence-corrected chi connectivity index (χ2v) is 9.16. The third-order valence-electron chi connectivity index (χ3n) is 4.94. The SMILES string of the molecule is CC(=O)Nc1ccc(N2CSc3nnc(-c4ccc(C(C)(C)C)cc4)n3C2)cc1. The average Bonchev–Trinajstić information content (AvgIpc) is 3.11. The summed E-state index contributed by atoms with van der Waals surface area (Å²) < 4.78 is 2.15. The quantitative estimate of drug-likeness (QED) is 0.680. The molecule has 0 radical (unpaired) electrons. The van der Waals surface area contributed by atoms with E-state index in [0.29, 0.717) is 6.67 Å². The molecule has 0 atom stereocenters. The number of carbonyl (C=O) groups is 1. The lowest BCUT2D eigenvalue weighted by Crippen LogP contribution is -2.30. The van der Waals surface area contributed by atoms with Crippen molar-refractivity contribution < 1.29 is 4.79 Å². The lowest BCUT2D eigenvalue weighted by molar-refractivity contribution is -0.114. The molecule has 0 fully saturated rings. The summed E-state index contributed by atoms with van der Waals surface area (Å²) in [5, 5.41) is 12.6. The first-order valence-corrected chi connectivity index (χ1v) is 10.6. The summed E-state index contributed by atoms with van der Waals surface area (Å²) in [5.41, 5.74) is 4.39. The van der Waals surface area contributed by atoms with Crippen molar-refractivity contribution in [3.63, 3.8) is 0 Å². The van der Waals surface area contributed by atoms with Crippen molar-refractivity contribution in [3.05, 3.63) is 54.1 Å². The van der Waals surface area contributed by atoms with Crippen molar-refractivity contribution in [3.8, 4) is 11.4 Å². The van der Waals surface area contributed by atoms with Gasteiger partial charge in [0.1, 0.15) is 0 Å². The summed E-state index contributed by atoms with van der Waals surface area (Å²) in [6, 6.07) is 16.5. The van der Waals surface area contributed by atoms with Gasteiger partial charge >= 0.3 is 0 Å². The Morgan fingerprint density at radius 3 is 2.34 bits per heavy atom. The molecule has 0 unspecified atom stereocenters. The van der Waals surface area contributed by atoms with Gasteiger partial charge in [-0.15, -0.1) is 10.2 Å². The highest BCUT2D eigenvalue weighted by molar-refractivity contribution is 7.99. The van der Waals surface area contributed by atoms with E-state index in [-0.39, 0.29) is 11.3 Å². The van der Waals surface area contributed by atoms with Crippen LogP contribution < -0.4 is 10.2 Å². The lowest BCUT2D eigenvalue weighted by Gasteiger charge is -2.30. The molecule has 0 aliphatic carbocycles. The maximum absolute atomic E-state index is 11.2. The smallest absolute Gasteiger partial charge is 0.221 e. The predicted octanol–water partition coefficient (Wildman–Crippen LogP) is 4.73. The Morgan fingerprint density at radius 2 is 1.72 bits per heavy atom. The van der Waals surface area contributed by atoms with E-state index in [4.69, 9.17) is 0 Å². The number of anilines is 2. The predicted molar refractivity (Wildman–Crippen MR) is 118 cm³/mol. The van der Waals surface area contributed by atoms with Gasteiger partial charge in [0.05, 0.1) is 12.5 Å². The van der Waals surface area contributed by atoms with Crippen LogP contribution in [0.1, 0.15) is 33.3 Å². The number of rotatable bonds is 3. The van der Waals surface area contributed by atoms with Gasteiger partial charge in [-0.2, -0.15) is 0 Å². The Hall–Kier alpha value is -2.80. The summed E-state index contributed by atoms with van der Waals surface area (Å²) in [7, 11) is 0. The van der Waals surface area contributed by atoms with E-state index in [0.717, 1.165) is 33.8 Å². The number of amides is 1. The first kappa shape index (κ1) is 19.5. The molecule has 3 aromatic rings. The fourth-order valence-corrected chi connectivity index (χ4v) is 4.22. The van der Waals surface area contributed by atoms with Gasteiger partial charge in [-0.25, -0.2) is 0 Å². The van der Waals surface area contributed by atoms with Gasteiger partial charge < -0.3 is 10.2 Å². The number of carbonyl (C=O) groups excluding carboxylic acids is 1. The molecule has 4 rings (SSSR count). The van der Waals surface area contributed by atoms with Crippen LogP contribution in [-0.2, 0) is 16.9 Å². The topological polar surface area (TPSA) is 63.1 Å². The summed E-state index contributed by atoms with van der Waals surface area (Å²) >= 11 is 1.67. The Bertz CT molecular complexity index is 1020. The van der Waals surface area contributed by atoms with Crippen molar-refractivity contribution in [1.29, 1.82) is 0 Å². The summed E-state index contributed by atoms with van der Waals surface area (Å²) in [6.07, 6.45) is 0. The number of hydrogen-bond donors (Lipinski definition) is 1. The highest BCUT2D eigenvalue weighted by Gasteiger charge is 2.23. The first-order chi connectivity index (χ1) is 13.8. The molecular formula is C22H25N5OS. The Labute approximate surface area is 175 Å². The minimum absolute atomic E-state index is 0.0671. The molecule has 1 aromatic heterocycles. The third-order valence-corrected chi connectivity index (χ3v) is 5.94. The number of thioether (sulfide) groups is 1. The highest BCUT2D eigenvalue weighted by atomic mass is 32.2. The van der Waals surface area contributed by atoms with Crippen LogP contribution in [0.5, 0.6) is 0 Å². The van der Waals surface area contributed by atoms with Crippen LogP contribution >= 0.6 is 11.8 Å².